The maximum atomic E-state index is 5.91. The molecule has 2 aliphatic heterocycles. The van der Waals surface area contributed by atoms with E-state index < -0.39 is 0 Å². The van der Waals surface area contributed by atoms with Gasteiger partial charge in [0, 0.05) is 37.8 Å². The Hall–Kier alpha value is -2.70. The van der Waals surface area contributed by atoms with Crippen LogP contribution in [-0.2, 0) is 17.8 Å². The van der Waals surface area contributed by atoms with E-state index in [0.717, 1.165) is 43.3 Å². The second-order valence-corrected chi connectivity index (χ2v) is 8.35. The molecule has 0 unspecified atom stereocenters. The van der Waals surface area contributed by atoms with Crippen molar-refractivity contribution < 1.29 is 4.74 Å². The van der Waals surface area contributed by atoms with Crippen LogP contribution < -0.4 is 5.32 Å². The lowest BCUT2D eigenvalue weighted by Crippen LogP contribution is -2.30. The lowest BCUT2D eigenvalue weighted by molar-refractivity contribution is 0.0953. The lowest BCUT2D eigenvalue weighted by Gasteiger charge is -2.29. The van der Waals surface area contributed by atoms with Gasteiger partial charge in [0.15, 0.2) is 5.11 Å². The third-order valence-corrected chi connectivity index (χ3v) is 6.34. The van der Waals surface area contributed by atoms with Crippen LogP contribution >= 0.6 is 12.2 Å². The Labute approximate surface area is 182 Å². The van der Waals surface area contributed by atoms with Crippen LogP contribution in [0.3, 0.4) is 0 Å². The highest BCUT2D eigenvalue weighted by molar-refractivity contribution is 7.80. The molecule has 5 rings (SSSR count). The van der Waals surface area contributed by atoms with Gasteiger partial charge in [-0.15, -0.1) is 0 Å². The van der Waals surface area contributed by atoms with Crippen LogP contribution in [0.15, 0.2) is 73.1 Å². The summed E-state index contributed by atoms with van der Waals surface area (Å²) in [6.45, 7) is 2.50. The van der Waals surface area contributed by atoms with Crippen LogP contribution in [0.4, 0.5) is 0 Å². The summed E-state index contributed by atoms with van der Waals surface area (Å²) in [4.78, 5) is 6.94. The first-order chi connectivity index (χ1) is 14.8. The highest BCUT2D eigenvalue weighted by atomic mass is 32.1. The minimum Gasteiger partial charge on any atom is -0.376 e. The van der Waals surface area contributed by atoms with Crippen molar-refractivity contribution in [3.8, 4) is 0 Å². The van der Waals surface area contributed by atoms with Crippen LogP contribution in [0, 0.1) is 0 Å². The normalized spacial score (nSPS) is 23.7. The molecule has 154 valence electrons. The van der Waals surface area contributed by atoms with Crippen molar-refractivity contribution in [2.24, 2.45) is 0 Å². The highest BCUT2D eigenvalue weighted by Crippen LogP contribution is 2.39. The minimum atomic E-state index is 0.000517. The number of hydrogen-bond donors (Lipinski definition) is 1. The molecule has 0 amide bonds. The van der Waals surface area contributed by atoms with Gasteiger partial charge in [-0.2, -0.15) is 0 Å². The maximum Gasteiger partial charge on any atom is 0.170 e. The van der Waals surface area contributed by atoms with Gasteiger partial charge in [0.1, 0.15) is 0 Å². The molecule has 6 heteroatoms. The number of nitrogens with zero attached hydrogens (tertiary/aromatic N) is 3. The Morgan fingerprint density at radius 1 is 1.07 bits per heavy atom. The summed E-state index contributed by atoms with van der Waals surface area (Å²) >= 11 is 5.81. The fourth-order valence-corrected chi connectivity index (χ4v) is 4.85. The number of benzene rings is 1. The van der Waals surface area contributed by atoms with Gasteiger partial charge in [0.05, 0.1) is 23.9 Å². The Kier molecular flexibility index (Phi) is 5.51. The fraction of sp³-hybridized carbons (Fsp3) is 0.333. The van der Waals surface area contributed by atoms with Gasteiger partial charge < -0.3 is 19.5 Å². The first-order valence-corrected chi connectivity index (χ1v) is 11.0. The number of ether oxygens (including phenoxy) is 1. The third-order valence-electron chi connectivity index (χ3n) is 5.99. The predicted molar refractivity (Wildman–Crippen MR) is 121 cm³/mol. The van der Waals surface area contributed by atoms with E-state index in [0.29, 0.717) is 0 Å². The van der Waals surface area contributed by atoms with Gasteiger partial charge in [-0.1, -0.05) is 36.4 Å². The Morgan fingerprint density at radius 2 is 1.93 bits per heavy atom. The zero-order valence-corrected chi connectivity index (χ0v) is 17.7. The lowest BCUT2D eigenvalue weighted by atomic mass is 10.0. The molecule has 0 aliphatic carbocycles. The number of hydrogen-bond acceptors (Lipinski definition) is 3. The molecule has 0 saturated carbocycles. The summed E-state index contributed by atoms with van der Waals surface area (Å²) < 4.78 is 8.25. The van der Waals surface area contributed by atoms with Gasteiger partial charge in [-0.3, -0.25) is 4.98 Å². The van der Waals surface area contributed by atoms with E-state index in [4.69, 9.17) is 17.0 Å². The van der Waals surface area contributed by atoms with Crippen molar-refractivity contribution in [3.63, 3.8) is 0 Å². The summed E-state index contributed by atoms with van der Waals surface area (Å²) in [6, 6.07) is 21.0. The van der Waals surface area contributed by atoms with Crippen molar-refractivity contribution in [2.45, 2.75) is 44.1 Å². The zero-order valence-electron chi connectivity index (χ0n) is 16.9. The number of pyridine rings is 1. The summed E-state index contributed by atoms with van der Waals surface area (Å²) in [5.41, 5.74) is 3.49. The first-order valence-electron chi connectivity index (χ1n) is 10.6. The van der Waals surface area contributed by atoms with Crippen molar-refractivity contribution >= 4 is 17.3 Å². The van der Waals surface area contributed by atoms with Crippen LogP contribution in [-0.4, -0.2) is 32.3 Å². The second-order valence-electron chi connectivity index (χ2n) is 7.96. The van der Waals surface area contributed by atoms with Crippen LogP contribution in [0.5, 0.6) is 0 Å². The molecule has 2 aliphatic rings. The molecule has 4 heterocycles. The van der Waals surface area contributed by atoms with Gasteiger partial charge >= 0.3 is 0 Å². The molecule has 2 saturated heterocycles. The Balaban J connectivity index is 1.51. The zero-order chi connectivity index (χ0) is 20.3. The second kappa shape index (κ2) is 8.58. The molecule has 0 radical (unpaired) electrons. The first kappa shape index (κ1) is 19.3. The summed E-state index contributed by atoms with van der Waals surface area (Å²) in [6.07, 6.45) is 6.56. The molecule has 0 bridgehead atoms. The molecule has 2 fully saturated rings. The molecule has 3 atom stereocenters. The number of rotatable bonds is 6. The average Bonchev–Trinajstić information content (AvgIpc) is 3.52. The van der Waals surface area contributed by atoms with E-state index in [1.165, 1.54) is 11.3 Å². The molecule has 0 spiro atoms. The quantitative estimate of drug-likeness (QED) is 0.607. The van der Waals surface area contributed by atoms with E-state index in [2.05, 4.69) is 68.4 Å². The fourth-order valence-electron chi connectivity index (χ4n) is 4.55. The third kappa shape index (κ3) is 3.85. The Morgan fingerprint density at radius 3 is 2.70 bits per heavy atom. The van der Waals surface area contributed by atoms with E-state index in [1.54, 1.807) is 0 Å². The monoisotopic (exact) mass is 418 g/mol. The van der Waals surface area contributed by atoms with E-state index >= 15 is 0 Å². The van der Waals surface area contributed by atoms with Crippen LogP contribution in [0.25, 0.3) is 0 Å². The number of thiocarbonyl (C=S) groups is 1. The van der Waals surface area contributed by atoms with Crippen LogP contribution in [0.1, 0.15) is 41.9 Å². The van der Waals surface area contributed by atoms with E-state index in [9.17, 15) is 0 Å². The molecule has 30 heavy (non-hydrogen) atoms. The van der Waals surface area contributed by atoms with Crippen LogP contribution in [0.2, 0.25) is 0 Å². The summed E-state index contributed by atoms with van der Waals surface area (Å²) in [5, 5.41) is 4.32. The molecular formula is C24H26N4OS. The topological polar surface area (TPSA) is 42.3 Å². The van der Waals surface area contributed by atoms with E-state index in [1.807, 2.05) is 24.4 Å². The van der Waals surface area contributed by atoms with Gasteiger partial charge in [0.25, 0.3) is 0 Å². The predicted octanol–water partition coefficient (Wildman–Crippen LogP) is 4.23. The summed E-state index contributed by atoms with van der Waals surface area (Å²) in [5.74, 6) is 0. The number of nitrogens with one attached hydrogen (secondary N) is 1. The number of aromatic nitrogens is 2. The molecule has 2 aromatic heterocycles. The highest BCUT2D eigenvalue weighted by Gasteiger charge is 2.41. The molecular weight excluding hydrogens is 392 g/mol. The van der Waals surface area contributed by atoms with Crippen molar-refractivity contribution in [1.29, 1.82) is 0 Å². The van der Waals surface area contributed by atoms with Gasteiger partial charge in [-0.25, -0.2) is 0 Å². The Bertz CT molecular complexity index is 985. The smallest absolute Gasteiger partial charge is 0.170 e. The summed E-state index contributed by atoms with van der Waals surface area (Å²) in [7, 11) is 0. The average molecular weight is 419 g/mol. The van der Waals surface area contributed by atoms with Crippen molar-refractivity contribution in [1.82, 2.24) is 19.8 Å². The SMILES string of the molecule is S=C1N[C@H](c2ccccn2)[C@H](c2cccn2C[C@@H]2CCCO2)N1Cc1ccccc1. The van der Waals surface area contributed by atoms with E-state index in [-0.39, 0.29) is 18.2 Å². The van der Waals surface area contributed by atoms with Crippen molar-refractivity contribution in [2.75, 3.05) is 6.61 Å². The minimum absolute atomic E-state index is 0.000517. The largest absolute Gasteiger partial charge is 0.376 e. The molecule has 3 aromatic rings. The maximum absolute atomic E-state index is 5.91. The van der Waals surface area contributed by atoms with Gasteiger partial charge in [0.2, 0.25) is 0 Å². The standard InChI is InChI=1S/C24H26N4OS/c30-24-26-22(20-11-4-5-13-25-20)23(28(24)16-18-8-2-1-3-9-18)21-12-6-14-27(21)17-19-10-7-15-29-19/h1-6,8-9,11-14,19,22-23H,7,10,15-17H2,(H,26,30)/t19-,22+,23-/m0/s1. The van der Waals surface area contributed by atoms with Crippen molar-refractivity contribution in [3.05, 3.63) is 90.0 Å². The molecule has 1 aromatic carbocycles. The van der Waals surface area contributed by atoms with Gasteiger partial charge in [-0.05, 0) is 54.9 Å². The molecule has 1 N–H and O–H groups in total. The molecule has 5 nitrogen and oxygen atoms in total.